The number of hydrogen-bond donors (Lipinski definition) is 1. The zero-order valence-electron chi connectivity index (χ0n) is 16.7. The van der Waals surface area contributed by atoms with Gasteiger partial charge in [-0.15, -0.1) is 0 Å². The molecular weight excluding hydrogens is 334 g/mol. The second-order valence-corrected chi connectivity index (χ2v) is 8.66. The van der Waals surface area contributed by atoms with Gasteiger partial charge in [-0.3, -0.25) is 9.69 Å². The zero-order chi connectivity index (χ0) is 18.5. The van der Waals surface area contributed by atoms with Crippen molar-refractivity contribution in [1.29, 1.82) is 0 Å². The highest BCUT2D eigenvalue weighted by atomic mass is 16.1. The second kappa shape index (κ2) is 9.20. The van der Waals surface area contributed by atoms with Gasteiger partial charge < -0.3 is 10.2 Å². The molecule has 0 bridgehead atoms. The van der Waals surface area contributed by atoms with E-state index in [1.165, 1.54) is 76.6 Å². The van der Waals surface area contributed by atoms with Crippen LogP contribution in [0.2, 0.25) is 0 Å². The monoisotopic (exact) mass is 369 g/mol. The highest BCUT2D eigenvalue weighted by molar-refractivity contribution is 5.90. The van der Waals surface area contributed by atoms with E-state index >= 15 is 0 Å². The fourth-order valence-electron chi connectivity index (χ4n) is 5.28. The van der Waals surface area contributed by atoms with Gasteiger partial charge in [-0.2, -0.15) is 0 Å². The fraction of sp³-hybridized carbons (Fsp3) is 0.696. The maximum absolute atomic E-state index is 12.2. The third kappa shape index (κ3) is 4.91. The van der Waals surface area contributed by atoms with Gasteiger partial charge in [-0.05, 0) is 88.8 Å². The van der Waals surface area contributed by atoms with Crippen molar-refractivity contribution in [3.8, 4) is 0 Å². The van der Waals surface area contributed by atoms with Gasteiger partial charge in [0.25, 0.3) is 0 Å². The van der Waals surface area contributed by atoms with E-state index < -0.39 is 0 Å². The topological polar surface area (TPSA) is 35.6 Å². The lowest BCUT2D eigenvalue weighted by Crippen LogP contribution is -2.35. The van der Waals surface area contributed by atoms with Crippen LogP contribution in [0, 0.1) is 0 Å². The first kappa shape index (κ1) is 18.9. The SMILES string of the molecule is O=C(CCCN1CCCCC1)Nc1ccc(C2CCC3CCCCN32)cc1. The number of hydrogen-bond acceptors (Lipinski definition) is 3. The summed E-state index contributed by atoms with van der Waals surface area (Å²) >= 11 is 0. The predicted molar refractivity (Wildman–Crippen MR) is 111 cm³/mol. The summed E-state index contributed by atoms with van der Waals surface area (Å²) < 4.78 is 0. The van der Waals surface area contributed by atoms with Crippen LogP contribution in [0.3, 0.4) is 0 Å². The predicted octanol–water partition coefficient (Wildman–Crippen LogP) is 4.58. The molecule has 4 heteroatoms. The van der Waals surface area contributed by atoms with Crippen LogP contribution in [-0.2, 0) is 4.79 Å². The highest BCUT2D eigenvalue weighted by Crippen LogP contribution is 2.40. The number of nitrogens with one attached hydrogen (secondary N) is 1. The lowest BCUT2D eigenvalue weighted by molar-refractivity contribution is -0.116. The molecule has 2 unspecified atom stereocenters. The minimum absolute atomic E-state index is 0.150. The van der Waals surface area contributed by atoms with Crippen LogP contribution >= 0.6 is 0 Å². The quantitative estimate of drug-likeness (QED) is 0.797. The first-order chi connectivity index (χ1) is 13.3. The van der Waals surface area contributed by atoms with Crippen LogP contribution in [0.4, 0.5) is 5.69 Å². The molecule has 0 aliphatic carbocycles. The van der Waals surface area contributed by atoms with Gasteiger partial charge in [0.1, 0.15) is 0 Å². The number of likely N-dealkylation sites (tertiary alicyclic amines) is 1. The van der Waals surface area contributed by atoms with Crippen molar-refractivity contribution < 1.29 is 4.79 Å². The van der Waals surface area contributed by atoms with Crippen molar-refractivity contribution in [2.45, 2.75) is 76.3 Å². The largest absolute Gasteiger partial charge is 0.326 e. The Morgan fingerprint density at radius 3 is 2.52 bits per heavy atom. The standard InChI is InChI=1S/C23H35N3O/c27-23(8-6-17-25-15-3-1-4-16-25)24-20-11-9-19(10-12-20)22-14-13-21-7-2-5-18-26(21)22/h9-12,21-22H,1-8,13-18H2,(H,24,27). The molecule has 1 aromatic carbocycles. The molecule has 1 N–H and O–H groups in total. The van der Waals surface area contributed by atoms with E-state index in [2.05, 4.69) is 39.4 Å². The van der Waals surface area contributed by atoms with E-state index in [1.54, 1.807) is 0 Å². The minimum atomic E-state index is 0.150. The average Bonchev–Trinajstić information content (AvgIpc) is 3.14. The number of benzene rings is 1. The Labute approximate surface area is 164 Å². The van der Waals surface area contributed by atoms with E-state index in [9.17, 15) is 4.79 Å². The second-order valence-electron chi connectivity index (χ2n) is 8.66. The molecule has 148 valence electrons. The summed E-state index contributed by atoms with van der Waals surface area (Å²) in [7, 11) is 0. The number of carbonyl (C=O) groups is 1. The van der Waals surface area contributed by atoms with Gasteiger partial charge in [0, 0.05) is 24.2 Å². The molecule has 0 aromatic heterocycles. The van der Waals surface area contributed by atoms with Crippen molar-refractivity contribution in [2.24, 2.45) is 0 Å². The Morgan fingerprint density at radius 2 is 1.70 bits per heavy atom. The molecule has 27 heavy (non-hydrogen) atoms. The lowest BCUT2D eigenvalue weighted by Gasteiger charge is -2.34. The molecule has 3 fully saturated rings. The smallest absolute Gasteiger partial charge is 0.224 e. The fourth-order valence-corrected chi connectivity index (χ4v) is 5.28. The maximum Gasteiger partial charge on any atom is 0.224 e. The first-order valence-corrected chi connectivity index (χ1v) is 11.2. The number of fused-ring (bicyclic) bond motifs is 1. The van der Waals surface area contributed by atoms with Crippen molar-refractivity contribution in [1.82, 2.24) is 9.80 Å². The average molecular weight is 370 g/mol. The first-order valence-electron chi connectivity index (χ1n) is 11.2. The molecule has 1 aromatic rings. The van der Waals surface area contributed by atoms with Crippen molar-refractivity contribution in [2.75, 3.05) is 31.5 Å². The molecule has 0 spiro atoms. The van der Waals surface area contributed by atoms with Gasteiger partial charge in [-0.25, -0.2) is 0 Å². The van der Waals surface area contributed by atoms with E-state index in [4.69, 9.17) is 0 Å². The summed E-state index contributed by atoms with van der Waals surface area (Å²) in [5, 5.41) is 3.08. The van der Waals surface area contributed by atoms with Gasteiger partial charge in [0.2, 0.25) is 5.91 Å². The minimum Gasteiger partial charge on any atom is -0.326 e. The maximum atomic E-state index is 12.2. The molecule has 0 saturated carbocycles. The normalized spacial score (nSPS) is 26.7. The van der Waals surface area contributed by atoms with Crippen molar-refractivity contribution in [3.05, 3.63) is 29.8 Å². The number of carbonyl (C=O) groups excluding carboxylic acids is 1. The Kier molecular flexibility index (Phi) is 6.46. The van der Waals surface area contributed by atoms with Crippen molar-refractivity contribution >= 4 is 11.6 Å². The Bertz CT molecular complexity index is 609. The van der Waals surface area contributed by atoms with Crippen LogP contribution in [0.25, 0.3) is 0 Å². The molecule has 1 amide bonds. The van der Waals surface area contributed by atoms with Crippen molar-refractivity contribution in [3.63, 3.8) is 0 Å². The zero-order valence-corrected chi connectivity index (χ0v) is 16.7. The number of anilines is 1. The van der Waals surface area contributed by atoms with Crippen LogP contribution < -0.4 is 5.32 Å². The molecule has 3 heterocycles. The Hall–Kier alpha value is -1.39. The number of amides is 1. The summed E-state index contributed by atoms with van der Waals surface area (Å²) in [5.41, 5.74) is 2.36. The molecule has 4 nitrogen and oxygen atoms in total. The van der Waals surface area contributed by atoms with Gasteiger partial charge in [0.15, 0.2) is 0 Å². The summed E-state index contributed by atoms with van der Waals surface area (Å²) in [6, 6.07) is 10.0. The highest BCUT2D eigenvalue weighted by Gasteiger charge is 2.35. The van der Waals surface area contributed by atoms with E-state index in [0.29, 0.717) is 12.5 Å². The molecule has 4 rings (SSSR count). The van der Waals surface area contributed by atoms with Crippen LogP contribution in [-0.4, -0.2) is 47.9 Å². The van der Waals surface area contributed by atoms with Crippen LogP contribution in [0.5, 0.6) is 0 Å². The Morgan fingerprint density at radius 1 is 0.926 bits per heavy atom. The van der Waals surface area contributed by atoms with Crippen LogP contribution in [0.15, 0.2) is 24.3 Å². The molecule has 3 saturated heterocycles. The third-order valence-electron chi connectivity index (χ3n) is 6.75. The molecule has 0 radical (unpaired) electrons. The molecule has 3 aliphatic heterocycles. The third-order valence-corrected chi connectivity index (χ3v) is 6.75. The van der Waals surface area contributed by atoms with E-state index in [-0.39, 0.29) is 5.91 Å². The molecule has 3 aliphatic rings. The van der Waals surface area contributed by atoms with E-state index in [0.717, 1.165) is 24.7 Å². The van der Waals surface area contributed by atoms with Crippen LogP contribution in [0.1, 0.15) is 75.8 Å². The summed E-state index contributed by atoms with van der Waals surface area (Å²) in [5.74, 6) is 0.150. The lowest BCUT2D eigenvalue weighted by atomic mass is 10.0. The molecular formula is C23H35N3O. The summed E-state index contributed by atoms with van der Waals surface area (Å²) in [6.45, 7) is 4.74. The van der Waals surface area contributed by atoms with Gasteiger partial charge >= 0.3 is 0 Å². The number of piperidine rings is 2. The number of nitrogens with zero attached hydrogens (tertiary/aromatic N) is 2. The van der Waals surface area contributed by atoms with Gasteiger partial charge in [0.05, 0.1) is 0 Å². The molecule has 2 atom stereocenters. The summed E-state index contributed by atoms with van der Waals surface area (Å²) in [4.78, 5) is 17.5. The number of rotatable bonds is 6. The van der Waals surface area contributed by atoms with Gasteiger partial charge in [-0.1, -0.05) is 25.0 Å². The Balaban J connectivity index is 1.23. The summed E-state index contributed by atoms with van der Waals surface area (Å²) in [6.07, 6.45) is 12.3. The van der Waals surface area contributed by atoms with E-state index in [1.807, 2.05) is 0 Å².